The van der Waals surface area contributed by atoms with Crippen LogP contribution in [0.15, 0.2) is 16.8 Å². The highest BCUT2D eigenvalue weighted by Gasteiger charge is 2.44. The minimum Gasteiger partial charge on any atom is -0.480 e. The summed E-state index contributed by atoms with van der Waals surface area (Å²) in [5.74, 6) is -3.69. The van der Waals surface area contributed by atoms with E-state index in [1.165, 1.54) is 7.11 Å². The van der Waals surface area contributed by atoms with E-state index in [0.717, 1.165) is 6.08 Å². The Kier molecular flexibility index (Phi) is 6.95. The quantitative estimate of drug-likeness (QED) is 0.194. The summed E-state index contributed by atoms with van der Waals surface area (Å²) in [4.78, 5) is 26.5. The van der Waals surface area contributed by atoms with E-state index in [1.807, 2.05) is 0 Å². The molecular weight excluding hydrogens is 324 g/mol. The number of rotatable bonds is 8. The number of aliphatic hydroxyl groups is 2. The van der Waals surface area contributed by atoms with Gasteiger partial charge in [-0.2, -0.15) is 0 Å². The average Bonchev–Trinajstić information content (AvgIpc) is 2.49. The van der Waals surface area contributed by atoms with Gasteiger partial charge in [0.05, 0.1) is 12.6 Å². The summed E-state index contributed by atoms with van der Waals surface area (Å²) in [6.07, 6.45) is -2.77. The molecular formula is C13H22N4O7. The molecule has 1 amide bonds. The van der Waals surface area contributed by atoms with Crippen LogP contribution in [0.4, 0.5) is 0 Å². The number of carbonyl (C=O) groups excluding carboxylic acids is 1. The van der Waals surface area contributed by atoms with Crippen LogP contribution in [0.2, 0.25) is 0 Å². The predicted molar refractivity (Wildman–Crippen MR) is 81.4 cm³/mol. The number of aliphatic carboxylic acids is 1. The molecule has 0 aromatic heterocycles. The molecule has 24 heavy (non-hydrogen) atoms. The maximum atomic E-state index is 11.4. The van der Waals surface area contributed by atoms with Gasteiger partial charge in [0, 0.05) is 19.4 Å². The van der Waals surface area contributed by atoms with Gasteiger partial charge in [-0.3, -0.25) is 4.79 Å². The minimum atomic E-state index is -1.39. The van der Waals surface area contributed by atoms with E-state index in [0.29, 0.717) is 0 Å². The Bertz CT molecular complexity index is 532. The number of carboxylic acid groups (broad SMARTS) is 1. The van der Waals surface area contributed by atoms with Gasteiger partial charge in [-0.25, -0.2) is 9.79 Å². The van der Waals surface area contributed by atoms with Crippen molar-refractivity contribution in [3.05, 3.63) is 11.8 Å². The largest absolute Gasteiger partial charge is 0.480 e. The number of hydrogen-bond acceptors (Lipinski definition) is 7. The van der Waals surface area contributed by atoms with Crippen LogP contribution in [0.25, 0.3) is 0 Å². The molecule has 5 atom stereocenters. The molecule has 0 aromatic carbocycles. The maximum absolute atomic E-state index is 11.4. The van der Waals surface area contributed by atoms with Gasteiger partial charge in [0.25, 0.3) is 0 Å². The number of hydrogen-bond donors (Lipinski definition) is 6. The monoisotopic (exact) mass is 346 g/mol. The first-order valence-electron chi connectivity index (χ1n) is 7.01. The fraction of sp³-hybridized carbons (Fsp3) is 0.615. The van der Waals surface area contributed by atoms with Crippen molar-refractivity contribution in [3.8, 4) is 0 Å². The van der Waals surface area contributed by atoms with Crippen LogP contribution in [0.5, 0.6) is 0 Å². The first kappa shape index (κ1) is 19.7. The lowest BCUT2D eigenvalue weighted by Gasteiger charge is -2.39. The van der Waals surface area contributed by atoms with Crippen LogP contribution in [0.1, 0.15) is 6.42 Å². The lowest BCUT2D eigenvalue weighted by atomic mass is 9.83. The first-order chi connectivity index (χ1) is 11.2. The number of aliphatic imine (C=N–C) groups is 1. The third kappa shape index (κ3) is 4.81. The van der Waals surface area contributed by atoms with E-state index in [2.05, 4.69) is 4.99 Å². The number of aliphatic hydroxyl groups excluding tert-OH is 2. The second-order valence-electron chi connectivity index (χ2n) is 5.25. The number of nitrogens with zero attached hydrogens (tertiary/aromatic N) is 1. The number of guanidine groups is 1. The van der Waals surface area contributed by atoms with E-state index >= 15 is 0 Å². The smallest absolute Gasteiger partial charge is 0.370 e. The van der Waals surface area contributed by atoms with Crippen molar-refractivity contribution >= 4 is 17.8 Å². The minimum absolute atomic E-state index is 0.256. The molecule has 0 radical (unpaired) electrons. The molecule has 0 saturated carbocycles. The Balaban J connectivity index is 3.34. The Hall–Kier alpha value is -2.37. The van der Waals surface area contributed by atoms with Gasteiger partial charge < -0.3 is 42.0 Å². The summed E-state index contributed by atoms with van der Waals surface area (Å²) in [6, 6.07) is -0.934. The molecule has 0 aromatic rings. The van der Waals surface area contributed by atoms with Crippen molar-refractivity contribution in [2.24, 2.45) is 28.1 Å². The molecule has 1 aliphatic heterocycles. The van der Waals surface area contributed by atoms with Crippen LogP contribution in [0.3, 0.4) is 0 Å². The molecule has 0 unspecified atom stereocenters. The lowest BCUT2D eigenvalue weighted by molar-refractivity contribution is -0.152. The summed E-state index contributed by atoms with van der Waals surface area (Å²) in [6.45, 7) is -0.666. The molecule has 0 aliphatic carbocycles. The normalized spacial score (nSPS) is 25.8. The molecule has 0 saturated heterocycles. The Morgan fingerprint density at radius 3 is 2.46 bits per heavy atom. The van der Waals surface area contributed by atoms with Gasteiger partial charge in [-0.05, 0) is 6.08 Å². The number of nitrogens with two attached hydrogens (primary N) is 3. The summed E-state index contributed by atoms with van der Waals surface area (Å²) < 4.78 is 10.5. The van der Waals surface area contributed by atoms with Crippen LogP contribution in [0, 0.1) is 5.92 Å². The molecule has 136 valence electrons. The van der Waals surface area contributed by atoms with E-state index < -0.39 is 54.5 Å². The van der Waals surface area contributed by atoms with Crippen molar-refractivity contribution in [2.45, 2.75) is 30.8 Å². The topological polar surface area (TPSA) is 204 Å². The highest BCUT2D eigenvalue weighted by Crippen LogP contribution is 2.32. The highest BCUT2D eigenvalue weighted by atomic mass is 16.6. The average molecular weight is 346 g/mol. The summed E-state index contributed by atoms with van der Waals surface area (Å²) in [7, 11) is 1.24. The van der Waals surface area contributed by atoms with Crippen LogP contribution in [-0.2, 0) is 19.1 Å². The zero-order valence-corrected chi connectivity index (χ0v) is 13.0. The molecule has 1 rings (SSSR count). The van der Waals surface area contributed by atoms with Crippen molar-refractivity contribution in [1.29, 1.82) is 0 Å². The molecule has 1 heterocycles. The number of carboxylic acids is 1. The maximum Gasteiger partial charge on any atom is 0.370 e. The van der Waals surface area contributed by atoms with Crippen molar-refractivity contribution < 1.29 is 34.4 Å². The molecule has 1 aliphatic rings. The fourth-order valence-electron chi connectivity index (χ4n) is 2.57. The Labute approximate surface area is 137 Å². The van der Waals surface area contributed by atoms with Crippen molar-refractivity contribution in [1.82, 2.24) is 0 Å². The second kappa shape index (κ2) is 8.47. The van der Waals surface area contributed by atoms with E-state index in [9.17, 15) is 19.8 Å². The van der Waals surface area contributed by atoms with E-state index in [-0.39, 0.29) is 12.4 Å². The SMILES string of the molecule is CO[C@@H]([C@@H]1OC(C(=O)O)=C[C@@H](N=C(N)N)[C@H]1CC(N)=O)[C@H](O)CO. The van der Waals surface area contributed by atoms with Gasteiger partial charge in [0.15, 0.2) is 5.96 Å². The Morgan fingerprint density at radius 2 is 2.04 bits per heavy atom. The van der Waals surface area contributed by atoms with Gasteiger partial charge in [0.1, 0.15) is 18.3 Å². The van der Waals surface area contributed by atoms with E-state index in [1.54, 1.807) is 0 Å². The number of methoxy groups -OCH3 is 1. The second-order valence-corrected chi connectivity index (χ2v) is 5.25. The number of amides is 1. The van der Waals surface area contributed by atoms with Gasteiger partial charge in [0.2, 0.25) is 11.7 Å². The van der Waals surface area contributed by atoms with Gasteiger partial charge >= 0.3 is 5.97 Å². The third-order valence-corrected chi connectivity index (χ3v) is 3.55. The van der Waals surface area contributed by atoms with E-state index in [4.69, 9.17) is 31.8 Å². The van der Waals surface area contributed by atoms with Crippen LogP contribution >= 0.6 is 0 Å². The molecule has 11 heteroatoms. The van der Waals surface area contributed by atoms with Gasteiger partial charge in [-0.1, -0.05) is 0 Å². The van der Waals surface area contributed by atoms with Crippen LogP contribution in [-0.4, -0.2) is 71.2 Å². The number of carbonyl (C=O) groups is 2. The molecule has 9 N–H and O–H groups in total. The molecule has 11 nitrogen and oxygen atoms in total. The van der Waals surface area contributed by atoms with Crippen molar-refractivity contribution in [2.75, 3.05) is 13.7 Å². The molecule has 0 spiro atoms. The Morgan fingerprint density at radius 1 is 1.42 bits per heavy atom. The summed E-state index contributed by atoms with van der Waals surface area (Å²) in [5, 5.41) is 28.2. The first-order valence-corrected chi connectivity index (χ1v) is 7.01. The zero-order chi connectivity index (χ0) is 18.4. The predicted octanol–water partition coefficient (Wildman–Crippen LogP) is -3.14. The standard InChI is InChI=1S/C13H22N4O7/c1-23-11(7(19)4-18)10-5(2-9(14)20)6(17-13(15)16)3-8(24-10)12(21)22/h3,5-7,10-11,18-19H,2,4H2,1H3,(H2,14,20)(H,21,22)(H4,15,16,17)/t5-,6-,7-,10-,11-/m1/s1. The fourth-order valence-corrected chi connectivity index (χ4v) is 2.57. The van der Waals surface area contributed by atoms with Crippen LogP contribution < -0.4 is 17.2 Å². The third-order valence-electron chi connectivity index (χ3n) is 3.55. The highest BCUT2D eigenvalue weighted by molar-refractivity contribution is 5.85. The van der Waals surface area contributed by atoms with Gasteiger partial charge in [-0.15, -0.1) is 0 Å². The number of primary amides is 1. The lowest BCUT2D eigenvalue weighted by Crippen LogP contribution is -2.52. The van der Waals surface area contributed by atoms with Crippen molar-refractivity contribution in [3.63, 3.8) is 0 Å². The summed E-state index contributed by atoms with van der Waals surface area (Å²) in [5.41, 5.74) is 15.9. The molecule has 0 bridgehead atoms. The summed E-state index contributed by atoms with van der Waals surface area (Å²) >= 11 is 0. The number of ether oxygens (including phenoxy) is 2. The zero-order valence-electron chi connectivity index (χ0n) is 13.0. The molecule has 0 fully saturated rings.